The van der Waals surface area contributed by atoms with Gasteiger partial charge >= 0.3 is 0 Å². The molecule has 1 aromatic heterocycles. The van der Waals surface area contributed by atoms with Gasteiger partial charge in [0.2, 0.25) is 0 Å². The summed E-state index contributed by atoms with van der Waals surface area (Å²) < 4.78 is 2.37. The van der Waals surface area contributed by atoms with Crippen LogP contribution in [0.15, 0.2) is 24.3 Å². The van der Waals surface area contributed by atoms with E-state index in [4.69, 9.17) is 0 Å². The number of fused-ring (bicyclic) bond motifs is 1. The van der Waals surface area contributed by atoms with Gasteiger partial charge in [0.15, 0.2) is 0 Å². The van der Waals surface area contributed by atoms with Crippen LogP contribution in [0.2, 0.25) is 0 Å². The van der Waals surface area contributed by atoms with E-state index in [-0.39, 0.29) is 5.41 Å². The van der Waals surface area contributed by atoms with Gasteiger partial charge in [-0.3, -0.25) is 0 Å². The molecule has 1 aliphatic heterocycles. The summed E-state index contributed by atoms with van der Waals surface area (Å²) in [5.41, 5.74) is 6.90. The molecule has 0 saturated carbocycles. The molecule has 0 aliphatic carbocycles. The fraction of sp³-hybridized carbons (Fsp3) is 0.429. The normalized spacial score (nSPS) is 18.2. The largest absolute Gasteiger partial charge is 0.321 e. The van der Waals surface area contributed by atoms with Crippen molar-refractivity contribution in [3.8, 4) is 0 Å². The highest BCUT2D eigenvalue weighted by molar-refractivity contribution is 5.67. The minimum atomic E-state index is 0.102. The van der Waals surface area contributed by atoms with Crippen LogP contribution < -0.4 is 0 Å². The second-order valence-electron chi connectivity index (χ2n) is 4.96. The Morgan fingerprint density at radius 2 is 1.87 bits per heavy atom. The van der Waals surface area contributed by atoms with Gasteiger partial charge in [0.25, 0.3) is 0 Å². The highest BCUT2D eigenvalue weighted by Gasteiger charge is 2.36. The summed E-state index contributed by atoms with van der Waals surface area (Å²) in [6.45, 7) is 15.0. The third-order valence-electron chi connectivity index (χ3n) is 3.74. The topological polar surface area (TPSA) is 4.93 Å². The maximum Gasteiger partial charge on any atom is 0.0330 e. The van der Waals surface area contributed by atoms with E-state index in [9.17, 15) is 0 Å². The van der Waals surface area contributed by atoms with E-state index < -0.39 is 0 Å². The van der Waals surface area contributed by atoms with Crippen molar-refractivity contribution >= 4 is 5.70 Å². The Morgan fingerprint density at radius 1 is 1.27 bits per heavy atom. The van der Waals surface area contributed by atoms with Crippen LogP contribution in [0.1, 0.15) is 37.7 Å². The van der Waals surface area contributed by atoms with Crippen molar-refractivity contribution in [1.29, 1.82) is 0 Å². The van der Waals surface area contributed by atoms with E-state index in [1.54, 1.807) is 0 Å². The lowest BCUT2D eigenvalue weighted by Crippen LogP contribution is -2.16. The van der Waals surface area contributed by atoms with Crippen molar-refractivity contribution in [1.82, 2.24) is 4.57 Å². The zero-order valence-corrected chi connectivity index (χ0v) is 10.3. The number of nitrogens with zero attached hydrogens (tertiary/aromatic N) is 1. The molecule has 0 radical (unpaired) electrons. The molecule has 1 aromatic rings. The monoisotopic (exact) mass is 201 g/mol. The molecule has 15 heavy (non-hydrogen) atoms. The van der Waals surface area contributed by atoms with Gasteiger partial charge in [-0.05, 0) is 38.0 Å². The third-order valence-corrected chi connectivity index (χ3v) is 3.74. The smallest absolute Gasteiger partial charge is 0.0330 e. The number of aryl methyl sites for hydroxylation is 1. The van der Waals surface area contributed by atoms with E-state index in [1.165, 1.54) is 28.2 Å². The molecule has 0 atom stereocenters. The molecule has 0 bridgehead atoms. The lowest BCUT2D eigenvalue weighted by atomic mass is 9.82. The SMILES string of the molecule is C=CC1=C(C)n2c(cc(C)c2C)C1(C)C. The number of hydrogen-bond donors (Lipinski definition) is 0. The number of rotatable bonds is 1. The van der Waals surface area contributed by atoms with Crippen LogP contribution in [-0.4, -0.2) is 4.57 Å². The quantitative estimate of drug-likeness (QED) is 0.651. The van der Waals surface area contributed by atoms with Gasteiger partial charge < -0.3 is 4.57 Å². The fourth-order valence-corrected chi connectivity index (χ4v) is 2.74. The van der Waals surface area contributed by atoms with Crippen molar-refractivity contribution in [3.05, 3.63) is 41.2 Å². The molecule has 0 spiro atoms. The van der Waals surface area contributed by atoms with Crippen molar-refractivity contribution in [3.63, 3.8) is 0 Å². The minimum Gasteiger partial charge on any atom is -0.321 e. The molecule has 1 aliphatic rings. The van der Waals surface area contributed by atoms with Gasteiger partial charge in [0.05, 0.1) is 0 Å². The average Bonchev–Trinajstić information content (AvgIpc) is 2.52. The molecule has 0 amide bonds. The van der Waals surface area contributed by atoms with Crippen LogP contribution in [0.4, 0.5) is 0 Å². The minimum absolute atomic E-state index is 0.102. The number of allylic oxidation sites excluding steroid dienone is 3. The number of aromatic nitrogens is 1. The van der Waals surface area contributed by atoms with Crippen molar-refractivity contribution in [2.75, 3.05) is 0 Å². The van der Waals surface area contributed by atoms with Crippen LogP contribution in [0.5, 0.6) is 0 Å². The summed E-state index contributed by atoms with van der Waals surface area (Å²) in [7, 11) is 0. The molecule has 0 N–H and O–H groups in total. The Balaban J connectivity index is 2.80. The third kappa shape index (κ3) is 1.09. The van der Waals surface area contributed by atoms with Gasteiger partial charge in [0.1, 0.15) is 0 Å². The standard InChI is InChI=1S/C14H19N/c1-7-12-11(4)15-10(3)9(2)8-13(15)14(12,5)6/h7-8H,1H2,2-6H3. The Bertz CT molecular complexity index is 470. The first-order valence-corrected chi connectivity index (χ1v) is 5.45. The van der Waals surface area contributed by atoms with E-state index in [0.29, 0.717) is 0 Å². The van der Waals surface area contributed by atoms with E-state index in [1.807, 2.05) is 6.08 Å². The molecular weight excluding hydrogens is 182 g/mol. The molecule has 0 aromatic carbocycles. The van der Waals surface area contributed by atoms with E-state index in [2.05, 4.69) is 51.8 Å². The van der Waals surface area contributed by atoms with Crippen LogP contribution in [0, 0.1) is 13.8 Å². The van der Waals surface area contributed by atoms with Gasteiger partial charge in [0, 0.05) is 22.5 Å². The average molecular weight is 201 g/mol. The van der Waals surface area contributed by atoms with E-state index in [0.717, 1.165) is 0 Å². The summed E-state index contributed by atoms with van der Waals surface area (Å²) in [6, 6.07) is 2.30. The Hall–Kier alpha value is -1.24. The Kier molecular flexibility index (Phi) is 1.97. The maximum absolute atomic E-state index is 3.93. The zero-order chi connectivity index (χ0) is 11.4. The summed E-state index contributed by atoms with van der Waals surface area (Å²) in [5, 5.41) is 0. The molecule has 2 heterocycles. The van der Waals surface area contributed by atoms with Crippen LogP contribution in [-0.2, 0) is 5.41 Å². The lowest BCUT2D eigenvalue weighted by molar-refractivity contribution is 0.635. The first-order valence-electron chi connectivity index (χ1n) is 5.45. The molecule has 2 rings (SSSR count). The summed E-state index contributed by atoms with van der Waals surface area (Å²) in [5.74, 6) is 0. The lowest BCUT2D eigenvalue weighted by Gasteiger charge is -2.20. The maximum atomic E-state index is 3.93. The molecule has 0 unspecified atom stereocenters. The molecule has 1 nitrogen and oxygen atoms in total. The molecule has 0 fully saturated rings. The van der Waals surface area contributed by atoms with Gasteiger partial charge in [-0.15, -0.1) is 0 Å². The molecule has 1 heteroatoms. The van der Waals surface area contributed by atoms with Gasteiger partial charge in [-0.25, -0.2) is 0 Å². The second-order valence-corrected chi connectivity index (χ2v) is 4.96. The van der Waals surface area contributed by atoms with Crippen molar-refractivity contribution in [2.24, 2.45) is 0 Å². The number of hydrogen-bond acceptors (Lipinski definition) is 0. The predicted molar refractivity (Wildman–Crippen MR) is 66.0 cm³/mol. The van der Waals surface area contributed by atoms with Gasteiger partial charge in [-0.2, -0.15) is 0 Å². The first kappa shape index (κ1) is 10.3. The Labute approximate surface area is 92.1 Å². The molecule has 80 valence electrons. The predicted octanol–water partition coefficient (Wildman–Crippen LogP) is 3.81. The summed E-state index contributed by atoms with van der Waals surface area (Å²) >= 11 is 0. The Morgan fingerprint density at radius 3 is 2.33 bits per heavy atom. The van der Waals surface area contributed by atoms with Crippen molar-refractivity contribution < 1.29 is 0 Å². The van der Waals surface area contributed by atoms with Gasteiger partial charge in [-0.1, -0.05) is 26.5 Å². The second kappa shape index (κ2) is 2.88. The highest BCUT2D eigenvalue weighted by Crippen LogP contribution is 2.44. The van der Waals surface area contributed by atoms with Crippen molar-refractivity contribution in [2.45, 2.75) is 40.0 Å². The molecule has 0 saturated heterocycles. The van der Waals surface area contributed by atoms with Crippen LogP contribution in [0.3, 0.4) is 0 Å². The fourth-order valence-electron chi connectivity index (χ4n) is 2.74. The summed E-state index contributed by atoms with van der Waals surface area (Å²) in [6.07, 6.45) is 2.00. The molecular formula is C14H19N. The first-order chi connectivity index (χ1) is 6.91. The van der Waals surface area contributed by atoms with Crippen LogP contribution >= 0.6 is 0 Å². The summed E-state index contributed by atoms with van der Waals surface area (Å²) in [4.78, 5) is 0. The highest BCUT2D eigenvalue weighted by atomic mass is 15.0. The zero-order valence-electron chi connectivity index (χ0n) is 10.3. The van der Waals surface area contributed by atoms with E-state index >= 15 is 0 Å². The van der Waals surface area contributed by atoms with Crippen LogP contribution in [0.25, 0.3) is 5.70 Å².